The van der Waals surface area contributed by atoms with E-state index in [1.165, 1.54) is 29.5 Å². The maximum atomic E-state index is 13.7. The Morgan fingerprint density at radius 1 is 0.487 bits per heavy atom. The summed E-state index contributed by atoms with van der Waals surface area (Å²) >= 11 is 4.82. The fraction of sp³-hybridized carbons (Fsp3) is 0.500. The second-order valence-corrected chi connectivity index (χ2v) is 37.8. The number of nitrogens with zero attached hydrogens (tertiary/aromatic N) is 10. The number of nitrogens with one attached hydrogen (secondary N) is 4. The number of likely N-dealkylation sites (tertiary alicyclic amines) is 3. The van der Waals surface area contributed by atoms with Gasteiger partial charge in [0.1, 0.15) is 16.6 Å². The first-order valence-electron chi connectivity index (χ1n) is 43.0. The number of para-hydroxylation sites is 3. The number of urea groups is 3. The van der Waals surface area contributed by atoms with Crippen molar-refractivity contribution in [3.05, 3.63) is 190 Å². The zero-order valence-electron chi connectivity index (χ0n) is 69.6. The van der Waals surface area contributed by atoms with Crippen LogP contribution in [0, 0.1) is 30.5 Å². The van der Waals surface area contributed by atoms with Crippen molar-refractivity contribution < 1.29 is 51.8 Å². The number of aryl methyl sites for hydroxylation is 1. The van der Waals surface area contributed by atoms with Gasteiger partial charge in [-0.25, -0.2) is 18.8 Å². The lowest BCUT2D eigenvalue weighted by molar-refractivity contribution is -0.137. The third-order valence-electron chi connectivity index (χ3n) is 25.2. The van der Waals surface area contributed by atoms with Gasteiger partial charge in [-0.3, -0.25) is 33.9 Å². The summed E-state index contributed by atoms with van der Waals surface area (Å²) in [4.78, 5) is 137. The van der Waals surface area contributed by atoms with Crippen LogP contribution in [-0.4, -0.2) is 213 Å². The average molecular weight is 1680 g/mol. The van der Waals surface area contributed by atoms with Crippen molar-refractivity contribution in [1.82, 2.24) is 54.3 Å². The van der Waals surface area contributed by atoms with E-state index in [-0.39, 0.29) is 122 Å². The number of amides is 12. The number of carbonyl (C=O) groups is 9. The summed E-state index contributed by atoms with van der Waals surface area (Å²) in [7, 11) is 0. The molecule has 16 rings (SSSR count). The molecule has 6 fully saturated rings. The molecule has 6 unspecified atom stereocenters. The summed E-state index contributed by atoms with van der Waals surface area (Å²) in [6, 6.07) is 44.1. The molecule has 0 radical (unpaired) electrons. The van der Waals surface area contributed by atoms with E-state index in [1.807, 2.05) is 131 Å². The standard InChI is InChI=1S/C32H40N6O3S.C31H31FN4O3S.C29H44N4O3S.3H2/c1-20(2)8-14-38-30(40)27(42-31(38)23-16-21(3)29-24(17-23)19-33-35-29)18-28(39)36-12-10-25(11-13-36)37-15-9-22-6-4-5-7-26(22)34-32(37)41;32-24-12-10-21(11-13-24)19-36-29(38)27(40-30(36)22-6-2-1-3-7-22)18-28(37)34-16-14-25(15-17-34)35-20-23-8-4-5-9-26(23)33-31(35)39;1-5-21(6-2)28-33(17-11-20(3)4)27(35)25(37-28)19-26(34)31-15-13-23(14-16-31)32-18-12-22-9-7-8-10-24(22)30-29(32)36;;;/h4-7,16-17,19-20,25,27,31H,8-15,18H2,1-3H3,(H,33,35)(H,34,41);1-13,25,27,30H,14-20H2,(H,33,39);7-10,20-21,23,25,28H,5-6,11-19H2,1-4H3,(H,30,36);3*1H. The molecule has 0 saturated carbocycles. The second-order valence-electron chi connectivity index (χ2n) is 33.9. The van der Waals surface area contributed by atoms with E-state index in [0.29, 0.717) is 103 Å². The number of rotatable bonds is 22. The van der Waals surface area contributed by atoms with Crippen molar-refractivity contribution >= 4 is 117 Å². The van der Waals surface area contributed by atoms with E-state index >= 15 is 0 Å². The van der Waals surface area contributed by atoms with Crippen LogP contribution in [0.3, 0.4) is 0 Å². The van der Waals surface area contributed by atoms with Gasteiger partial charge in [-0.15, -0.1) is 35.3 Å². The summed E-state index contributed by atoms with van der Waals surface area (Å²) in [5.41, 5.74) is 11.1. The number of halogens is 1. The second kappa shape index (κ2) is 39.3. The summed E-state index contributed by atoms with van der Waals surface area (Å²) in [5.74, 6) is 1.36. The zero-order chi connectivity index (χ0) is 83.5. The molecule has 23 nitrogen and oxygen atoms in total. The van der Waals surface area contributed by atoms with E-state index in [2.05, 4.69) is 104 Å². The minimum Gasteiger partial charge on any atom is -0.342 e. The lowest BCUT2D eigenvalue weighted by Crippen LogP contribution is -2.51. The number of H-pyrrole nitrogens is 1. The smallest absolute Gasteiger partial charge is 0.322 e. The zero-order valence-corrected chi connectivity index (χ0v) is 72.1. The molecule has 6 atom stereocenters. The van der Waals surface area contributed by atoms with Crippen LogP contribution in [0.2, 0.25) is 0 Å². The van der Waals surface area contributed by atoms with Crippen molar-refractivity contribution in [3.63, 3.8) is 0 Å². The number of anilines is 3. The number of piperidine rings is 3. The van der Waals surface area contributed by atoms with Gasteiger partial charge in [-0.2, -0.15) is 5.10 Å². The van der Waals surface area contributed by atoms with Gasteiger partial charge in [-0.05, 0) is 164 Å². The summed E-state index contributed by atoms with van der Waals surface area (Å²) in [6.07, 6.45) is 12.5. The molecule has 9 aliphatic heterocycles. The van der Waals surface area contributed by atoms with Crippen LogP contribution < -0.4 is 16.0 Å². The molecule has 638 valence electrons. The monoisotopic (exact) mass is 1680 g/mol. The van der Waals surface area contributed by atoms with Crippen molar-refractivity contribution in [3.8, 4) is 0 Å². The van der Waals surface area contributed by atoms with Gasteiger partial charge in [-0.1, -0.05) is 158 Å². The van der Waals surface area contributed by atoms with Crippen molar-refractivity contribution in [1.29, 1.82) is 0 Å². The number of aromatic amines is 1. The molecule has 0 aliphatic carbocycles. The molecule has 12 amide bonds. The molecule has 0 spiro atoms. The first kappa shape index (κ1) is 85.8. The Balaban J connectivity index is 0.000000177. The molecule has 10 heterocycles. The van der Waals surface area contributed by atoms with Crippen LogP contribution in [-0.2, 0) is 54.7 Å². The minimum absolute atomic E-state index is 0. The van der Waals surface area contributed by atoms with Crippen LogP contribution in [0.5, 0.6) is 0 Å². The normalized spacial score (nSPS) is 22.0. The number of carbonyl (C=O) groups excluding carboxylic acids is 9. The van der Waals surface area contributed by atoms with E-state index < -0.39 is 10.5 Å². The van der Waals surface area contributed by atoms with E-state index in [0.717, 1.165) is 132 Å². The molecule has 6 aromatic carbocycles. The highest BCUT2D eigenvalue weighted by Crippen LogP contribution is 2.48. The third-order valence-corrected chi connectivity index (χ3v) is 29.8. The van der Waals surface area contributed by atoms with Crippen LogP contribution in [0.4, 0.5) is 35.8 Å². The molecule has 119 heavy (non-hydrogen) atoms. The number of aromatic nitrogens is 2. The van der Waals surface area contributed by atoms with Gasteiger partial charge in [0.05, 0.1) is 32.8 Å². The van der Waals surface area contributed by atoms with Gasteiger partial charge in [0.15, 0.2) is 0 Å². The first-order valence-corrected chi connectivity index (χ1v) is 45.8. The average Bonchev–Trinajstić information content (AvgIpc) is 1.57. The fourth-order valence-electron chi connectivity index (χ4n) is 18.1. The number of hydrogen-bond donors (Lipinski definition) is 4. The Bertz CT molecular complexity index is 4780. The lowest BCUT2D eigenvalue weighted by atomic mass is 10.0. The molecule has 9 aliphatic rings. The van der Waals surface area contributed by atoms with Crippen LogP contribution >= 0.6 is 35.3 Å². The number of benzene rings is 6. The van der Waals surface area contributed by atoms with Crippen LogP contribution in [0.25, 0.3) is 10.9 Å². The van der Waals surface area contributed by atoms with E-state index in [1.54, 1.807) is 40.6 Å². The van der Waals surface area contributed by atoms with Gasteiger partial charge < -0.3 is 60.0 Å². The Morgan fingerprint density at radius 2 is 0.908 bits per heavy atom. The van der Waals surface area contributed by atoms with E-state index in [9.17, 15) is 47.5 Å². The van der Waals surface area contributed by atoms with Crippen molar-refractivity contribution in [2.24, 2.45) is 17.8 Å². The van der Waals surface area contributed by atoms with Gasteiger partial charge in [0, 0.05) is 143 Å². The molecular weight excluding hydrogens is 1560 g/mol. The number of fused-ring (bicyclic) bond motifs is 4. The number of hydrogen-bond acceptors (Lipinski definition) is 13. The Hall–Kier alpha value is -9.60. The molecule has 1 aromatic heterocycles. The SMILES string of the molecule is CCC(CC)C1SC(CC(=O)N2CCC(N3CCc4ccccc4NC3=O)CC2)C(=O)N1CCC(C)C.Cc1cc(C2SC(CC(=O)N3CCC(N4CCc5ccccc5NC4=O)CC3)C(=O)N2CCC(C)C)cc2cn[nH]c12.O=C(CC1SC(c2ccccc2)N(Cc2ccc(F)cc2)C1=O)N1CCC(N2Cc3ccccc3NC2=O)CC1.[HH].[HH].[HH]. The minimum atomic E-state index is -0.486. The van der Waals surface area contributed by atoms with Crippen LogP contribution in [0.15, 0.2) is 146 Å². The molecule has 7 aromatic rings. The Labute approximate surface area is 716 Å². The Kier molecular flexibility index (Phi) is 28.3. The quantitative estimate of drug-likeness (QED) is 0.0494. The molecule has 0 bridgehead atoms. The highest BCUT2D eigenvalue weighted by molar-refractivity contribution is 8.02. The lowest BCUT2D eigenvalue weighted by Gasteiger charge is -2.40. The largest absolute Gasteiger partial charge is 0.342 e. The highest BCUT2D eigenvalue weighted by Gasteiger charge is 2.48. The summed E-state index contributed by atoms with van der Waals surface area (Å²) < 4.78 is 13.5. The van der Waals surface area contributed by atoms with Gasteiger partial charge in [0.25, 0.3) is 0 Å². The first-order chi connectivity index (χ1) is 57.6. The molecular formula is C92H121FN14O9S3. The maximum absolute atomic E-state index is 13.7. The van der Waals surface area contributed by atoms with Gasteiger partial charge in [0.2, 0.25) is 35.4 Å². The summed E-state index contributed by atoms with van der Waals surface area (Å²) in [5, 5.41) is 16.1. The fourth-order valence-corrected chi connectivity index (χ4v) is 22.8. The van der Waals surface area contributed by atoms with Crippen molar-refractivity contribution in [2.75, 3.05) is 81.4 Å². The molecule has 6 saturated heterocycles. The van der Waals surface area contributed by atoms with Crippen LogP contribution in [0.1, 0.15) is 179 Å². The Morgan fingerprint density at radius 3 is 1.40 bits per heavy atom. The topological polar surface area (TPSA) is 248 Å². The van der Waals surface area contributed by atoms with E-state index in [4.69, 9.17) is 0 Å². The predicted octanol–water partition coefficient (Wildman–Crippen LogP) is 16.7. The summed E-state index contributed by atoms with van der Waals surface area (Å²) in [6.45, 7) is 22.5. The maximum Gasteiger partial charge on any atom is 0.322 e. The van der Waals surface area contributed by atoms with Crippen molar-refractivity contribution in [2.45, 2.75) is 208 Å². The van der Waals surface area contributed by atoms with Gasteiger partial charge >= 0.3 is 18.1 Å². The number of thioether (sulfide) groups is 3. The predicted molar refractivity (Wildman–Crippen MR) is 476 cm³/mol. The molecule has 27 heteroatoms. The third kappa shape index (κ3) is 20.4. The highest BCUT2D eigenvalue weighted by atomic mass is 32.2. The molecule has 4 N–H and O–H groups in total.